The predicted octanol–water partition coefficient (Wildman–Crippen LogP) is 2.54. The van der Waals surface area contributed by atoms with Crippen LogP contribution >= 0.6 is 15.9 Å². The summed E-state index contributed by atoms with van der Waals surface area (Å²) in [5, 5.41) is 0. The minimum atomic E-state index is -3.69. The molecule has 5 nitrogen and oxygen atoms in total. The van der Waals surface area contributed by atoms with Crippen molar-refractivity contribution >= 4 is 37.3 Å². The molecule has 0 saturated heterocycles. The van der Waals surface area contributed by atoms with Gasteiger partial charge in [-0.15, -0.1) is 0 Å². The fourth-order valence-electron chi connectivity index (χ4n) is 1.59. The van der Waals surface area contributed by atoms with E-state index in [1.807, 2.05) is 0 Å². The van der Waals surface area contributed by atoms with Gasteiger partial charge in [0.2, 0.25) is 0 Å². The number of nitrogen functional groups attached to an aromatic ring is 1. The van der Waals surface area contributed by atoms with Crippen LogP contribution in [0, 0.1) is 6.92 Å². The van der Waals surface area contributed by atoms with Crippen LogP contribution in [-0.2, 0) is 10.0 Å². The van der Waals surface area contributed by atoms with Crippen LogP contribution in [-0.4, -0.2) is 13.4 Å². The van der Waals surface area contributed by atoms with Crippen molar-refractivity contribution in [1.82, 2.24) is 4.98 Å². The highest BCUT2D eigenvalue weighted by atomic mass is 79.9. The number of nitrogens with two attached hydrogens (primary N) is 1. The van der Waals surface area contributed by atoms with Crippen molar-refractivity contribution in [1.29, 1.82) is 0 Å². The van der Waals surface area contributed by atoms with Gasteiger partial charge in [0.05, 0.1) is 16.8 Å². The third kappa shape index (κ3) is 3.05. The highest BCUT2D eigenvalue weighted by Gasteiger charge is 2.19. The number of sulfonamides is 1. The maximum atomic E-state index is 12.3. The Morgan fingerprint density at radius 3 is 2.74 bits per heavy atom. The maximum absolute atomic E-state index is 12.3. The molecule has 0 unspecified atom stereocenters. The summed E-state index contributed by atoms with van der Waals surface area (Å²) in [6, 6.07) is 6.46. The number of rotatable bonds is 3. The summed E-state index contributed by atoms with van der Waals surface area (Å²) < 4.78 is 27.7. The highest BCUT2D eigenvalue weighted by molar-refractivity contribution is 9.10. The number of anilines is 2. The van der Waals surface area contributed by atoms with Gasteiger partial charge in [-0.3, -0.25) is 9.71 Å². The van der Waals surface area contributed by atoms with E-state index in [1.165, 1.54) is 12.3 Å². The smallest absolute Gasteiger partial charge is 0.262 e. The molecule has 1 aromatic heterocycles. The van der Waals surface area contributed by atoms with E-state index >= 15 is 0 Å². The minimum absolute atomic E-state index is 0.142. The third-order valence-corrected chi connectivity index (χ3v) is 4.53. The summed E-state index contributed by atoms with van der Waals surface area (Å²) in [6.45, 7) is 1.67. The van der Waals surface area contributed by atoms with Gasteiger partial charge in [0.25, 0.3) is 10.0 Å². The maximum Gasteiger partial charge on any atom is 0.262 e. The summed E-state index contributed by atoms with van der Waals surface area (Å²) in [7, 11) is -3.69. The number of hydrogen-bond acceptors (Lipinski definition) is 4. The lowest BCUT2D eigenvalue weighted by molar-refractivity contribution is 0.600. The van der Waals surface area contributed by atoms with E-state index < -0.39 is 10.0 Å². The molecule has 19 heavy (non-hydrogen) atoms. The van der Waals surface area contributed by atoms with E-state index in [1.54, 1.807) is 31.3 Å². The Balaban J connectivity index is 2.46. The van der Waals surface area contributed by atoms with Crippen LogP contribution in [0.5, 0.6) is 0 Å². The number of hydrogen-bond donors (Lipinski definition) is 2. The van der Waals surface area contributed by atoms with Crippen molar-refractivity contribution in [2.24, 2.45) is 0 Å². The van der Waals surface area contributed by atoms with E-state index in [0.717, 1.165) is 0 Å². The first-order valence-corrected chi connectivity index (χ1v) is 7.66. The Bertz CT molecular complexity index is 702. The number of nitrogens with zero attached hydrogens (tertiary/aromatic N) is 1. The lowest BCUT2D eigenvalue weighted by Crippen LogP contribution is -2.15. The molecule has 0 saturated carbocycles. The molecule has 1 aromatic carbocycles. The quantitative estimate of drug-likeness (QED) is 0.840. The Labute approximate surface area is 120 Å². The van der Waals surface area contributed by atoms with Gasteiger partial charge < -0.3 is 5.73 Å². The Morgan fingerprint density at radius 1 is 1.37 bits per heavy atom. The average Bonchev–Trinajstić information content (AvgIpc) is 2.34. The topological polar surface area (TPSA) is 85.1 Å². The van der Waals surface area contributed by atoms with Gasteiger partial charge in [0, 0.05) is 16.4 Å². The number of aromatic nitrogens is 1. The molecule has 0 fully saturated rings. The first-order chi connectivity index (χ1) is 8.90. The second kappa shape index (κ2) is 5.18. The predicted molar refractivity (Wildman–Crippen MR) is 78.3 cm³/mol. The summed E-state index contributed by atoms with van der Waals surface area (Å²) in [5.74, 6) is 0. The van der Waals surface area contributed by atoms with Crippen molar-refractivity contribution in [3.63, 3.8) is 0 Å². The van der Waals surface area contributed by atoms with Gasteiger partial charge in [0.1, 0.15) is 0 Å². The number of halogens is 1. The molecule has 7 heteroatoms. The molecule has 0 aliphatic rings. The second-order valence-corrected chi connectivity index (χ2v) is 6.53. The van der Waals surface area contributed by atoms with Gasteiger partial charge >= 0.3 is 0 Å². The van der Waals surface area contributed by atoms with Crippen LogP contribution in [0.2, 0.25) is 0 Å². The highest BCUT2D eigenvalue weighted by Crippen LogP contribution is 2.27. The molecule has 0 aliphatic heterocycles. The SMILES string of the molecule is Cc1c(N)cc(Br)cc1S(=O)(=O)Nc1cccnc1. The van der Waals surface area contributed by atoms with E-state index in [9.17, 15) is 8.42 Å². The molecule has 0 radical (unpaired) electrons. The Kier molecular flexibility index (Phi) is 3.77. The van der Waals surface area contributed by atoms with Gasteiger partial charge in [-0.2, -0.15) is 0 Å². The first-order valence-electron chi connectivity index (χ1n) is 5.38. The van der Waals surface area contributed by atoms with E-state index in [4.69, 9.17) is 5.73 Å². The normalized spacial score (nSPS) is 11.3. The fourth-order valence-corrected chi connectivity index (χ4v) is 3.56. The zero-order valence-corrected chi connectivity index (χ0v) is 12.5. The van der Waals surface area contributed by atoms with E-state index in [-0.39, 0.29) is 4.90 Å². The standard InChI is InChI=1S/C12H12BrN3O2S/c1-8-11(14)5-9(13)6-12(8)19(17,18)16-10-3-2-4-15-7-10/h2-7,16H,14H2,1H3. The molecular weight excluding hydrogens is 330 g/mol. The van der Waals surface area contributed by atoms with Crippen LogP contribution in [0.15, 0.2) is 46.0 Å². The van der Waals surface area contributed by atoms with Crippen molar-refractivity contribution in [2.75, 3.05) is 10.5 Å². The molecule has 0 bridgehead atoms. The summed E-state index contributed by atoms with van der Waals surface area (Å²) >= 11 is 3.24. The van der Waals surface area contributed by atoms with Crippen LogP contribution in [0.1, 0.15) is 5.56 Å². The molecule has 0 spiro atoms. The Hall–Kier alpha value is -1.60. The number of benzene rings is 1. The van der Waals surface area contributed by atoms with Crippen LogP contribution in [0.25, 0.3) is 0 Å². The molecule has 2 aromatic rings. The molecular formula is C12H12BrN3O2S. The molecule has 100 valence electrons. The Morgan fingerprint density at radius 2 is 2.11 bits per heavy atom. The summed E-state index contributed by atoms with van der Waals surface area (Å²) in [6.07, 6.45) is 3.01. The molecule has 0 atom stereocenters. The van der Waals surface area contributed by atoms with Crippen molar-refractivity contribution in [3.8, 4) is 0 Å². The zero-order chi connectivity index (χ0) is 14.0. The summed E-state index contributed by atoms with van der Waals surface area (Å²) in [5.41, 5.74) is 7.11. The van der Waals surface area contributed by atoms with Gasteiger partial charge in [-0.05, 0) is 36.8 Å². The van der Waals surface area contributed by atoms with Crippen molar-refractivity contribution in [3.05, 3.63) is 46.7 Å². The number of nitrogens with one attached hydrogen (secondary N) is 1. The number of pyridine rings is 1. The second-order valence-electron chi connectivity index (χ2n) is 3.97. The largest absolute Gasteiger partial charge is 0.398 e. The first kappa shape index (κ1) is 13.8. The van der Waals surface area contributed by atoms with Gasteiger partial charge in [-0.1, -0.05) is 15.9 Å². The molecule has 2 rings (SSSR count). The molecule has 3 N–H and O–H groups in total. The molecule has 0 amide bonds. The van der Waals surface area contributed by atoms with E-state index in [2.05, 4.69) is 25.6 Å². The average molecular weight is 342 g/mol. The zero-order valence-electron chi connectivity index (χ0n) is 10.1. The lowest BCUT2D eigenvalue weighted by Gasteiger charge is -2.12. The lowest BCUT2D eigenvalue weighted by atomic mass is 10.2. The van der Waals surface area contributed by atoms with Crippen LogP contribution in [0.3, 0.4) is 0 Å². The van der Waals surface area contributed by atoms with Crippen LogP contribution < -0.4 is 10.5 Å². The summed E-state index contributed by atoms with van der Waals surface area (Å²) in [4.78, 5) is 4.00. The van der Waals surface area contributed by atoms with Crippen LogP contribution in [0.4, 0.5) is 11.4 Å². The monoisotopic (exact) mass is 341 g/mol. The third-order valence-electron chi connectivity index (χ3n) is 2.57. The van der Waals surface area contributed by atoms with Gasteiger partial charge in [0.15, 0.2) is 0 Å². The van der Waals surface area contributed by atoms with E-state index in [0.29, 0.717) is 21.4 Å². The minimum Gasteiger partial charge on any atom is -0.398 e. The van der Waals surface area contributed by atoms with Gasteiger partial charge in [-0.25, -0.2) is 8.42 Å². The van der Waals surface area contributed by atoms with Crippen molar-refractivity contribution < 1.29 is 8.42 Å². The molecule has 1 heterocycles. The fraction of sp³-hybridized carbons (Fsp3) is 0.0833. The van der Waals surface area contributed by atoms with Crippen molar-refractivity contribution in [2.45, 2.75) is 11.8 Å². The molecule has 0 aliphatic carbocycles.